The molecular formula is C16H15F4NO2. The predicted octanol–water partition coefficient (Wildman–Crippen LogP) is 2.77. The van der Waals surface area contributed by atoms with E-state index in [0.29, 0.717) is 11.8 Å². The molecule has 0 fully saturated rings. The Morgan fingerprint density at radius 1 is 0.957 bits per heavy atom. The Labute approximate surface area is 130 Å². The number of benzene rings is 2. The second kappa shape index (κ2) is 7.94. The molecule has 1 unspecified atom stereocenters. The van der Waals surface area contributed by atoms with Crippen LogP contribution < -0.4 is 10.1 Å². The van der Waals surface area contributed by atoms with Crippen LogP contribution in [0.1, 0.15) is 5.56 Å². The van der Waals surface area contributed by atoms with Crippen LogP contribution in [0.4, 0.5) is 17.6 Å². The third-order valence-corrected chi connectivity index (χ3v) is 3.04. The first-order valence-electron chi connectivity index (χ1n) is 6.86. The van der Waals surface area contributed by atoms with Crippen molar-refractivity contribution in [1.82, 2.24) is 5.32 Å². The summed E-state index contributed by atoms with van der Waals surface area (Å²) in [5, 5.41) is 12.4. The van der Waals surface area contributed by atoms with Gasteiger partial charge in [0, 0.05) is 24.7 Å². The highest BCUT2D eigenvalue weighted by atomic mass is 19.2. The van der Waals surface area contributed by atoms with E-state index in [-0.39, 0.29) is 25.3 Å². The van der Waals surface area contributed by atoms with Crippen LogP contribution in [0, 0.1) is 23.3 Å². The number of hydrogen-bond donors (Lipinski definition) is 2. The molecule has 7 heteroatoms. The van der Waals surface area contributed by atoms with Gasteiger partial charge in [0.05, 0.1) is 0 Å². The molecule has 2 aromatic carbocycles. The molecule has 0 heterocycles. The van der Waals surface area contributed by atoms with E-state index in [1.54, 1.807) is 0 Å². The minimum absolute atomic E-state index is 0.0458. The molecule has 1 atom stereocenters. The number of hydrogen-bond acceptors (Lipinski definition) is 3. The lowest BCUT2D eigenvalue weighted by atomic mass is 10.2. The van der Waals surface area contributed by atoms with Crippen molar-refractivity contribution >= 4 is 0 Å². The molecule has 0 saturated carbocycles. The number of halogens is 4. The number of nitrogens with one attached hydrogen (secondary N) is 1. The van der Waals surface area contributed by atoms with Crippen LogP contribution in [-0.2, 0) is 6.54 Å². The third kappa shape index (κ3) is 5.22. The van der Waals surface area contributed by atoms with Gasteiger partial charge in [-0.3, -0.25) is 0 Å². The fourth-order valence-electron chi connectivity index (χ4n) is 1.85. The lowest BCUT2D eigenvalue weighted by Gasteiger charge is -2.13. The first-order chi connectivity index (χ1) is 11.0. The molecule has 0 amide bonds. The first-order valence-corrected chi connectivity index (χ1v) is 6.86. The quantitative estimate of drug-likeness (QED) is 0.606. The topological polar surface area (TPSA) is 41.5 Å². The maximum absolute atomic E-state index is 13.4. The number of aliphatic hydroxyl groups excluding tert-OH is 1. The molecule has 0 aliphatic carbocycles. The van der Waals surface area contributed by atoms with Gasteiger partial charge < -0.3 is 15.2 Å². The summed E-state index contributed by atoms with van der Waals surface area (Å²) in [6, 6.07) is 6.54. The van der Waals surface area contributed by atoms with E-state index in [1.807, 2.05) is 0 Å². The van der Waals surface area contributed by atoms with E-state index in [4.69, 9.17) is 4.74 Å². The Bertz CT molecular complexity index is 649. The summed E-state index contributed by atoms with van der Waals surface area (Å²) in [6.07, 6.45) is -0.909. The van der Waals surface area contributed by atoms with E-state index < -0.39 is 29.4 Å². The van der Waals surface area contributed by atoms with Crippen molar-refractivity contribution in [1.29, 1.82) is 0 Å². The lowest BCUT2D eigenvalue weighted by molar-refractivity contribution is 0.106. The molecule has 0 saturated heterocycles. The minimum Gasteiger partial charge on any atom is -0.491 e. The van der Waals surface area contributed by atoms with Gasteiger partial charge in [-0.15, -0.1) is 0 Å². The maximum Gasteiger partial charge on any atom is 0.161 e. The fourth-order valence-corrected chi connectivity index (χ4v) is 1.85. The Hall–Kier alpha value is -2.12. The van der Waals surface area contributed by atoms with E-state index >= 15 is 0 Å². The summed E-state index contributed by atoms with van der Waals surface area (Å²) >= 11 is 0. The van der Waals surface area contributed by atoms with Gasteiger partial charge >= 0.3 is 0 Å². The molecule has 23 heavy (non-hydrogen) atoms. The average Bonchev–Trinajstić information content (AvgIpc) is 2.52. The zero-order valence-electron chi connectivity index (χ0n) is 12.0. The van der Waals surface area contributed by atoms with Gasteiger partial charge in [-0.2, -0.15) is 0 Å². The van der Waals surface area contributed by atoms with Gasteiger partial charge in [-0.05, 0) is 30.3 Å². The summed E-state index contributed by atoms with van der Waals surface area (Å²) in [5.74, 6) is -3.25. The minimum atomic E-state index is -1.25. The first kappa shape index (κ1) is 17.2. The Balaban J connectivity index is 1.75. The van der Waals surface area contributed by atoms with Crippen LogP contribution in [0.25, 0.3) is 0 Å². The number of aliphatic hydroxyl groups is 1. The molecule has 0 aliphatic heterocycles. The Morgan fingerprint density at radius 3 is 2.30 bits per heavy atom. The Morgan fingerprint density at radius 2 is 1.61 bits per heavy atom. The zero-order chi connectivity index (χ0) is 16.8. The molecule has 2 N–H and O–H groups in total. The predicted molar refractivity (Wildman–Crippen MR) is 75.9 cm³/mol. The molecule has 0 aromatic heterocycles. The zero-order valence-corrected chi connectivity index (χ0v) is 12.0. The summed E-state index contributed by atoms with van der Waals surface area (Å²) < 4.78 is 57.1. The molecular weight excluding hydrogens is 314 g/mol. The highest BCUT2D eigenvalue weighted by Gasteiger charge is 2.11. The molecule has 124 valence electrons. The largest absolute Gasteiger partial charge is 0.491 e. The van der Waals surface area contributed by atoms with E-state index in [1.165, 1.54) is 24.3 Å². The molecule has 0 spiro atoms. The van der Waals surface area contributed by atoms with Gasteiger partial charge in [0.1, 0.15) is 30.1 Å². The van der Waals surface area contributed by atoms with Crippen LogP contribution in [0.5, 0.6) is 5.75 Å². The van der Waals surface area contributed by atoms with Gasteiger partial charge in [-0.1, -0.05) is 0 Å². The van der Waals surface area contributed by atoms with Crippen molar-refractivity contribution in [2.45, 2.75) is 12.6 Å². The van der Waals surface area contributed by atoms with Crippen molar-refractivity contribution in [2.75, 3.05) is 13.2 Å². The van der Waals surface area contributed by atoms with E-state index in [0.717, 1.165) is 6.07 Å². The van der Waals surface area contributed by atoms with Gasteiger partial charge in [-0.25, -0.2) is 17.6 Å². The maximum atomic E-state index is 13.4. The van der Waals surface area contributed by atoms with Crippen LogP contribution >= 0.6 is 0 Å². The highest BCUT2D eigenvalue weighted by molar-refractivity contribution is 5.22. The monoisotopic (exact) mass is 329 g/mol. The second-order valence-electron chi connectivity index (χ2n) is 4.91. The summed E-state index contributed by atoms with van der Waals surface area (Å²) in [5.41, 5.74) is -0.0458. The van der Waals surface area contributed by atoms with Crippen molar-refractivity contribution in [3.05, 3.63) is 65.2 Å². The van der Waals surface area contributed by atoms with Crippen LogP contribution in [0.2, 0.25) is 0 Å². The Kier molecular flexibility index (Phi) is 5.95. The third-order valence-electron chi connectivity index (χ3n) is 3.04. The standard InChI is InChI=1S/C16H15F4NO2/c17-11-1-3-13(4-2-11)23-9-12(22)8-21-7-10-5-15(19)16(20)6-14(10)18/h1-6,12,21-22H,7-9H2. The van der Waals surface area contributed by atoms with Crippen LogP contribution in [0.3, 0.4) is 0 Å². The molecule has 3 nitrogen and oxygen atoms in total. The van der Waals surface area contributed by atoms with Gasteiger partial charge in [0.25, 0.3) is 0 Å². The van der Waals surface area contributed by atoms with Crippen LogP contribution in [-0.4, -0.2) is 24.4 Å². The van der Waals surface area contributed by atoms with Gasteiger partial charge in [0.15, 0.2) is 11.6 Å². The van der Waals surface area contributed by atoms with Crippen molar-refractivity contribution in [3.63, 3.8) is 0 Å². The average molecular weight is 329 g/mol. The summed E-state index contributed by atoms with van der Waals surface area (Å²) in [4.78, 5) is 0. The lowest BCUT2D eigenvalue weighted by Crippen LogP contribution is -2.31. The molecule has 0 radical (unpaired) electrons. The van der Waals surface area contributed by atoms with Crippen molar-refractivity contribution in [2.24, 2.45) is 0 Å². The smallest absolute Gasteiger partial charge is 0.161 e. The number of rotatable bonds is 7. The fraction of sp³-hybridized carbons (Fsp3) is 0.250. The number of ether oxygens (including phenoxy) is 1. The SMILES string of the molecule is OC(CNCc1cc(F)c(F)cc1F)COc1ccc(F)cc1. The summed E-state index contributed by atoms with van der Waals surface area (Å²) in [6.45, 7) is -0.0742. The summed E-state index contributed by atoms with van der Waals surface area (Å²) in [7, 11) is 0. The van der Waals surface area contributed by atoms with Crippen molar-refractivity contribution < 1.29 is 27.4 Å². The van der Waals surface area contributed by atoms with Gasteiger partial charge in [0.2, 0.25) is 0 Å². The molecule has 0 aliphatic rings. The van der Waals surface area contributed by atoms with E-state index in [9.17, 15) is 22.7 Å². The van der Waals surface area contributed by atoms with E-state index in [2.05, 4.69) is 5.32 Å². The highest BCUT2D eigenvalue weighted by Crippen LogP contribution is 2.14. The molecule has 2 aromatic rings. The molecule has 0 bridgehead atoms. The van der Waals surface area contributed by atoms with Crippen LogP contribution in [0.15, 0.2) is 36.4 Å². The second-order valence-corrected chi connectivity index (χ2v) is 4.91. The van der Waals surface area contributed by atoms with Crippen molar-refractivity contribution in [3.8, 4) is 5.75 Å². The molecule has 2 rings (SSSR count). The normalized spacial score (nSPS) is 12.2.